The Morgan fingerprint density at radius 1 is 1.07 bits per heavy atom. The summed E-state index contributed by atoms with van der Waals surface area (Å²) >= 11 is 0. The normalized spacial score (nSPS) is 16.1. The zero-order chi connectivity index (χ0) is 28.7. The van der Waals surface area contributed by atoms with Crippen LogP contribution in [-0.4, -0.2) is 55.8 Å². The SMILES string of the molecule is CCCS(=O)(=O)c1ccc(CNc2nc3cnc(-c4c(OC)ncnc4C4CC4)nc3n([C@H](C)C3CC3)c2=O)nc1. The topological polar surface area (TPSA) is 155 Å². The molecule has 0 saturated heterocycles. The molecule has 0 radical (unpaired) electrons. The van der Waals surface area contributed by atoms with Crippen LogP contribution in [0.25, 0.3) is 22.6 Å². The predicted molar refractivity (Wildman–Crippen MR) is 152 cm³/mol. The number of pyridine rings is 1. The molecule has 0 aromatic carbocycles. The Balaban J connectivity index is 1.37. The zero-order valence-corrected chi connectivity index (χ0v) is 24.1. The van der Waals surface area contributed by atoms with Gasteiger partial charge in [0.1, 0.15) is 17.4 Å². The number of nitrogens with one attached hydrogen (secondary N) is 1. The highest BCUT2D eigenvalue weighted by atomic mass is 32.2. The number of aromatic nitrogens is 7. The molecule has 0 amide bonds. The molecule has 41 heavy (non-hydrogen) atoms. The standard InChI is InChI=1S/C28H32N8O4S/c1-4-11-41(38,39)20-10-9-19(29-13-20)12-30-25-28(37)36(16(2)17-5-6-17)26-21(34-25)14-31-24(35-26)22-23(18-7-8-18)32-15-33-27(22)40-3/h9-10,13-18H,4-8,11-12H2,1-3H3,(H,30,34)/t16-/m1/s1. The first-order valence-electron chi connectivity index (χ1n) is 13.9. The molecule has 6 rings (SSSR count). The van der Waals surface area contributed by atoms with Crippen LogP contribution in [0.4, 0.5) is 5.82 Å². The second kappa shape index (κ2) is 10.8. The molecule has 4 aromatic rings. The molecule has 4 aromatic heterocycles. The van der Waals surface area contributed by atoms with Crippen LogP contribution in [0.15, 0.2) is 40.5 Å². The average Bonchev–Trinajstić information content (AvgIpc) is 3.89. The lowest BCUT2D eigenvalue weighted by Gasteiger charge is -2.19. The van der Waals surface area contributed by atoms with Crippen LogP contribution in [0.2, 0.25) is 0 Å². The lowest BCUT2D eigenvalue weighted by atomic mass is 10.1. The second-order valence-electron chi connectivity index (χ2n) is 10.7. The molecule has 1 atom stereocenters. The van der Waals surface area contributed by atoms with E-state index in [0.717, 1.165) is 31.4 Å². The van der Waals surface area contributed by atoms with Crippen molar-refractivity contribution in [2.45, 2.75) is 69.4 Å². The van der Waals surface area contributed by atoms with Crippen LogP contribution >= 0.6 is 0 Å². The first-order chi connectivity index (χ1) is 19.8. The Hall–Kier alpha value is -4.00. The fraction of sp³-hybridized carbons (Fsp3) is 0.464. The van der Waals surface area contributed by atoms with Gasteiger partial charge in [0.25, 0.3) is 5.56 Å². The molecule has 2 aliphatic rings. The minimum Gasteiger partial charge on any atom is -0.480 e. The number of ether oxygens (including phenoxy) is 1. The van der Waals surface area contributed by atoms with Gasteiger partial charge in [0, 0.05) is 18.2 Å². The monoisotopic (exact) mass is 576 g/mol. The molecule has 0 bridgehead atoms. The third-order valence-electron chi connectivity index (χ3n) is 7.63. The smallest absolute Gasteiger partial charge is 0.295 e. The van der Waals surface area contributed by atoms with Crippen molar-refractivity contribution in [1.82, 2.24) is 34.5 Å². The number of rotatable bonds is 11. The third-order valence-corrected chi connectivity index (χ3v) is 9.54. The summed E-state index contributed by atoms with van der Waals surface area (Å²) in [5.41, 5.74) is 2.71. The summed E-state index contributed by atoms with van der Waals surface area (Å²) in [4.78, 5) is 41.1. The molecule has 2 fully saturated rings. The molecule has 2 saturated carbocycles. The van der Waals surface area contributed by atoms with E-state index in [4.69, 9.17) is 9.72 Å². The van der Waals surface area contributed by atoms with Gasteiger partial charge in [-0.15, -0.1) is 0 Å². The van der Waals surface area contributed by atoms with Crippen LogP contribution in [0.3, 0.4) is 0 Å². The van der Waals surface area contributed by atoms with Crippen LogP contribution in [0.5, 0.6) is 5.88 Å². The van der Waals surface area contributed by atoms with Gasteiger partial charge < -0.3 is 10.1 Å². The molecular formula is C28H32N8O4S. The highest BCUT2D eigenvalue weighted by Gasteiger charge is 2.34. The molecule has 12 nitrogen and oxygen atoms in total. The Morgan fingerprint density at radius 3 is 2.54 bits per heavy atom. The van der Waals surface area contributed by atoms with Crippen molar-refractivity contribution in [2.24, 2.45) is 5.92 Å². The molecule has 13 heteroatoms. The van der Waals surface area contributed by atoms with Gasteiger partial charge in [-0.3, -0.25) is 14.3 Å². The third kappa shape index (κ3) is 5.37. The van der Waals surface area contributed by atoms with Gasteiger partial charge in [-0.05, 0) is 57.1 Å². The fourth-order valence-corrected chi connectivity index (χ4v) is 6.34. The van der Waals surface area contributed by atoms with Gasteiger partial charge in [0.05, 0.1) is 41.9 Å². The predicted octanol–water partition coefficient (Wildman–Crippen LogP) is 3.69. The van der Waals surface area contributed by atoms with Crippen LogP contribution in [0.1, 0.15) is 69.3 Å². The maximum absolute atomic E-state index is 13.8. The molecule has 4 heterocycles. The molecule has 0 unspecified atom stereocenters. The van der Waals surface area contributed by atoms with Crippen molar-refractivity contribution in [2.75, 3.05) is 18.2 Å². The van der Waals surface area contributed by atoms with Crippen molar-refractivity contribution < 1.29 is 13.2 Å². The van der Waals surface area contributed by atoms with Crippen molar-refractivity contribution in [1.29, 1.82) is 0 Å². The zero-order valence-electron chi connectivity index (χ0n) is 23.2. The molecule has 0 aliphatic heterocycles. The van der Waals surface area contributed by atoms with E-state index in [1.165, 1.54) is 12.5 Å². The van der Waals surface area contributed by atoms with Gasteiger partial charge in [0.2, 0.25) is 5.88 Å². The average molecular weight is 577 g/mol. The Bertz CT molecular complexity index is 1770. The van der Waals surface area contributed by atoms with E-state index in [1.807, 2.05) is 13.8 Å². The Kier molecular flexibility index (Phi) is 7.14. The van der Waals surface area contributed by atoms with Crippen LogP contribution in [0, 0.1) is 5.92 Å². The Labute approximate surface area is 237 Å². The first-order valence-corrected chi connectivity index (χ1v) is 15.6. The summed E-state index contributed by atoms with van der Waals surface area (Å²) in [6.07, 6.45) is 9.16. The first kappa shape index (κ1) is 27.2. The maximum Gasteiger partial charge on any atom is 0.295 e. The van der Waals surface area contributed by atoms with Gasteiger partial charge in [-0.25, -0.2) is 33.3 Å². The minimum atomic E-state index is -3.35. The summed E-state index contributed by atoms with van der Waals surface area (Å²) < 4.78 is 31.9. The molecular weight excluding hydrogens is 544 g/mol. The summed E-state index contributed by atoms with van der Waals surface area (Å²) in [6, 6.07) is 3.10. The molecule has 0 spiro atoms. The maximum atomic E-state index is 13.8. The van der Waals surface area contributed by atoms with Gasteiger partial charge in [0.15, 0.2) is 27.1 Å². The highest BCUT2D eigenvalue weighted by Crippen LogP contribution is 2.45. The second-order valence-corrected chi connectivity index (χ2v) is 12.8. The Morgan fingerprint density at radius 2 is 1.88 bits per heavy atom. The van der Waals surface area contributed by atoms with Crippen molar-refractivity contribution >= 4 is 26.8 Å². The van der Waals surface area contributed by atoms with Crippen molar-refractivity contribution in [3.63, 3.8) is 0 Å². The van der Waals surface area contributed by atoms with E-state index in [2.05, 4.69) is 30.2 Å². The summed E-state index contributed by atoms with van der Waals surface area (Å²) in [7, 11) is -1.80. The van der Waals surface area contributed by atoms with E-state index in [9.17, 15) is 13.2 Å². The lowest BCUT2D eigenvalue weighted by molar-refractivity contribution is 0.397. The number of anilines is 1. The van der Waals surface area contributed by atoms with E-state index >= 15 is 0 Å². The molecule has 1 N–H and O–H groups in total. The fourth-order valence-electron chi connectivity index (χ4n) is 5.08. The van der Waals surface area contributed by atoms with E-state index < -0.39 is 9.84 Å². The number of nitrogens with zero attached hydrogens (tertiary/aromatic N) is 7. The quantitative estimate of drug-likeness (QED) is 0.278. The van der Waals surface area contributed by atoms with Gasteiger partial charge >= 0.3 is 0 Å². The van der Waals surface area contributed by atoms with E-state index in [-0.39, 0.29) is 34.6 Å². The molecule has 214 valence electrons. The summed E-state index contributed by atoms with van der Waals surface area (Å²) in [5.74, 6) is 1.72. The summed E-state index contributed by atoms with van der Waals surface area (Å²) in [5, 5.41) is 3.10. The molecule has 2 aliphatic carbocycles. The van der Waals surface area contributed by atoms with Crippen LogP contribution < -0.4 is 15.6 Å². The highest BCUT2D eigenvalue weighted by molar-refractivity contribution is 7.91. The van der Waals surface area contributed by atoms with Crippen molar-refractivity contribution in [3.8, 4) is 17.3 Å². The van der Waals surface area contributed by atoms with Crippen molar-refractivity contribution in [3.05, 3.63) is 52.6 Å². The largest absolute Gasteiger partial charge is 0.480 e. The van der Waals surface area contributed by atoms with Crippen LogP contribution in [-0.2, 0) is 16.4 Å². The number of methoxy groups -OCH3 is 1. The number of hydrogen-bond donors (Lipinski definition) is 1. The van der Waals surface area contributed by atoms with E-state index in [0.29, 0.717) is 52.4 Å². The van der Waals surface area contributed by atoms with Gasteiger partial charge in [-0.1, -0.05) is 6.92 Å². The number of hydrogen-bond acceptors (Lipinski definition) is 11. The lowest BCUT2D eigenvalue weighted by Crippen LogP contribution is -2.29. The number of fused-ring (bicyclic) bond motifs is 1. The summed E-state index contributed by atoms with van der Waals surface area (Å²) in [6.45, 7) is 4.05. The van der Waals surface area contributed by atoms with Gasteiger partial charge in [-0.2, -0.15) is 0 Å². The number of sulfone groups is 1. The van der Waals surface area contributed by atoms with E-state index in [1.54, 1.807) is 30.0 Å². The minimum absolute atomic E-state index is 0.0712.